The van der Waals surface area contributed by atoms with Crippen molar-refractivity contribution in [3.8, 4) is 5.75 Å². The largest absolute Gasteiger partial charge is 0.493 e. The molecule has 1 N–H and O–H groups in total. The smallest absolute Gasteiger partial charge is 0.166 e. The van der Waals surface area contributed by atoms with E-state index in [4.69, 9.17) is 4.74 Å². The Bertz CT molecular complexity index is 320. The van der Waals surface area contributed by atoms with Crippen LogP contribution in [0.1, 0.15) is 5.56 Å². The second-order valence-electron chi connectivity index (χ2n) is 2.61. The molecule has 78 valence electrons. The zero-order valence-corrected chi connectivity index (χ0v) is 9.52. The average Bonchev–Trinajstić information content (AvgIpc) is 2.14. The molecule has 0 saturated carbocycles. The summed E-state index contributed by atoms with van der Waals surface area (Å²) in [6.07, 6.45) is 0. The third-order valence-electron chi connectivity index (χ3n) is 1.70. The molecule has 0 aliphatic heterocycles. The first kappa shape index (κ1) is 11.4. The maximum Gasteiger partial charge on any atom is 0.166 e. The van der Waals surface area contributed by atoms with Crippen LogP contribution >= 0.6 is 15.9 Å². The lowest BCUT2D eigenvalue weighted by molar-refractivity contribution is 0.0860. The van der Waals surface area contributed by atoms with Crippen LogP contribution in [0.2, 0.25) is 0 Å². The van der Waals surface area contributed by atoms with Crippen LogP contribution in [0.25, 0.3) is 0 Å². The van der Waals surface area contributed by atoms with Gasteiger partial charge in [0.15, 0.2) is 11.6 Å². The van der Waals surface area contributed by atoms with Crippen LogP contribution in [-0.4, -0.2) is 14.2 Å². The van der Waals surface area contributed by atoms with Gasteiger partial charge in [-0.25, -0.2) is 4.39 Å². The van der Waals surface area contributed by atoms with E-state index in [9.17, 15) is 4.39 Å². The normalized spacial score (nSPS) is 10.3. The maximum absolute atomic E-state index is 13.3. The molecule has 1 aromatic carbocycles. The number of halogens is 2. The molecule has 1 rings (SSSR count). The monoisotopic (exact) mass is 263 g/mol. The zero-order valence-electron chi connectivity index (χ0n) is 7.93. The third kappa shape index (κ3) is 2.67. The Labute approximate surface area is 90.3 Å². The molecule has 0 saturated heterocycles. The Kier molecular flexibility index (Phi) is 4.31. The summed E-state index contributed by atoms with van der Waals surface area (Å²) in [5.74, 6) is -0.160. The molecule has 0 radical (unpaired) electrons. The molecule has 5 heteroatoms. The van der Waals surface area contributed by atoms with E-state index in [1.807, 2.05) is 0 Å². The summed E-state index contributed by atoms with van der Waals surface area (Å²) in [6.45, 7) is 0.385. The fourth-order valence-electron chi connectivity index (χ4n) is 1.12. The topological polar surface area (TPSA) is 30.5 Å². The Hall–Kier alpha value is -0.650. The second kappa shape index (κ2) is 5.29. The van der Waals surface area contributed by atoms with Gasteiger partial charge in [-0.2, -0.15) is 5.48 Å². The predicted octanol–water partition coefficient (Wildman–Crippen LogP) is 2.25. The lowest BCUT2D eigenvalue weighted by Gasteiger charge is -2.10. The Balaban J connectivity index is 2.99. The first-order valence-electron chi connectivity index (χ1n) is 3.96. The molecule has 0 aromatic heterocycles. The molecule has 0 spiro atoms. The molecule has 0 aliphatic carbocycles. The van der Waals surface area contributed by atoms with Crippen LogP contribution < -0.4 is 10.2 Å². The highest BCUT2D eigenvalue weighted by molar-refractivity contribution is 9.10. The van der Waals surface area contributed by atoms with Crippen LogP contribution in [-0.2, 0) is 11.4 Å². The molecular formula is C9H11BrFNO2. The molecule has 0 heterocycles. The average molecular weight is 264 g/mol. The number of nitrogens with one attached hydrogen (secondary N) is 1. The first-order valence-corrected chi connectivity index (χ1v) is 4.76. The quantitative estimate of drug-likeness (QED) is 0.846. The van der Waals surface area contributed by atoms with E-state index in [0.29, 0.717) is 16.6 Å². The maximum atomic E-state index is 13.3. The van der Waals surface area contributed by atoms with Crippen molar-refractivity contribution in [2.45, 2.75) is 6.54 Å². The Morgan fingerprint density at radius 2 is 2.14 bits per heavy atom. The van der Waals surface area contributed by atoms with Gasteiger partial charge in [0, 0.05) is 16.6 Å². The molecule has 0 bridgehead atoms. The summed E-state index contributed by atoms with van der Waals surface area (Å²) in [6, 6.07) is 3.13. The molecular weight excluding hydrogens is 253 g/mol. The minimum absolute atomic E-state index is 0.234. The number of methoxy groups -OCH3 is 1. The lowest BCUT2D eigenvalue weighted by Crippen LogP contribution is -2.12. The van der Waals surface area contributed by atoms with Crippen molar-refractivity contribution >= 4 is 15.9 Å². The van der Waals surface area contributed by atoms with Crippen LogP contribution in [0.3, 0.4) is 0 Å². The zero-order chi connectivity index (χ0) is 10.6. The number of benzene rings is 1. The molecule has 0 aliphatic rings. The molecule has 3 nitrogen and oxygen atoms in total. The van der Waals surface area contributed by atoms with Crippen molar-refractivity contribution in [2.75, 3.05) is 14.2 Å². The summed E-state index contributed by atoms with van der Waals surface area (Å²) in [5.41, 5.74) is 3.32. The molecule has 0 fully saturated rings. The highest BCUT2D eigenvalue weighted by Crippen LogP contribution is 2.26. The highest BCUT2D eigenvalue weighted by atomic mass is 79.9. The number of hydrogen-bond acceptors (Lipinski definition) is 3. The van der Waals surface area contributed by atoms with Gasteiger partial charge in [0.2, 0.25) is 0 Å². The minimum atomic E-state index is -0.394. The van der Waals surface area contributed by atoms with E-state index in [1.54, 1.807) is 6.07 Å². The third-order valence-corrected chi connectivity index (χ3v) is 2.15. The highest BCUT2D eigenvalue weighted by Gasteiger charge is 2.10. The van der Waals surface area contributed by atoms with Crippen molar-refractivity contribution in [3.05, 3.63) is 28.0 Å². The van der Waals surface area contributed by atoms with Crippen molar-refractivity contribution < 1.29 is 14.0 Å². The number of hydrogen-bond donors (Lipinski definition) is 1. The van der Waals surface area contributed by atoms with Gasteiger partial charge in [-0.05, 0) is 12.1 Å². The van der Waals surface area contributed by atoms with E-state index < -0.39 is 5.82 Å². The van der Waals surface area contributed by atoms with Gasteiger partial charge in [0.05, 0.1) is 14.2 Å². The van der Waals surface area contributed by atoms with E-state index in [0.717, 1.165) is 0 Å². The number of ether oxygens (including phenoxy) is 1. The van der Waals surface area contributed by atoms with Crippen molar-refractivity contribution in [1.29, 1.82) is 0 Å². The summed E-state index contributed by atoms with van der Waals surface area (Å²) in [5, 5.41) is 0. The van der Waals surface area contributed by atoms with Gasteiger partial charge in [-0.1, -0.05) is 15.9 Å². The molecule has 0 amide bonds. The predicted molar refractivity (Wildman–Crippen MR) is 54.5 cm³/mol. The van der Waals surface area contributed by atoms with Crippen LogP contribution in [0, 0.1) is 5.82 Å². The van der Waals surface area contributed by atoms with Gasteiger partial charge in [-0.15, -0.1) is 0 Å². The molecule has 0 unspecified atom stereocenters. The Morgan fingerprint density at radius 1 is 1.43 bits per heavy atom. The van der Waals surface area contributed by atoms with E-state index in [2.05, 4.69) is 26.2 Å². The summed E-state index contributed by atoms with van der Waals surface area (Å²) < 4.78 is 18.9. The Morgan fingerprint density at radius 3 is 2.71 bits per heavy atom. The van der Waals surface area contributed by atoms with Gasteiger partial charge in [-0.3, -0.25) is 0 Å². The second-order valence-corrected chi connectivity index (χ2v) is 3.52. The van der Waals surface area contributed by atoms with Gasteiger partial charge < -0.3 is 9.57 Å². The molecule has 14 heavy (non-hydrogen) atoms. The van der Waals surface area contributed by atoms with Gasteiger partial charge >= 0.3 is 0 Å². The molecule has 0 atom stereocenters. The van der Waals surface area contributed by atoms with Crippen LogP contribution in [0.15, 0.2) is 16.6 Å². The van der Waals surface area contributed by atoms with E-state index >= 15 is 0 Å². The van der Waals surface area contributed by atoms with Crippen molar-refractivity contribution in [3.63, 3.8) is 0 Å². The fraction of sp³-hybridized carbons (Fsp3) is 0.333. The van der Waals surface area contributed by atoms with Crippen molar-refractivity contribution in [2.24, 2.45) is 0 Å². The van der Waals surface area contributed by atoms with Crippen LogP contribution in [0.4, 0.5) is 4.39 Å². The van der Waals surface area contributed by atoms with Gasteiger partial charge in [0.25, 0.3) is 0 Å². The van der Waals surface area contributed by atoms with Crippen LogP contribution in [0.5, 0.6) is 5.75 Å². The standard InChI is InChI=1S/C9H11BrFNO2/c1-13-9-6(5-12-14-2)3-7(10)4-8(9)11/h3-4,12H,5H2,1-2H3. The molecule has 1 aromatic rings. The first-order chi connectivity index (χ1) is 6.69. The summed E-state index contributed by atoms with van der Waals surface area (Å²) in [7, 11) is 2.93. The number of rotatable bonds is 4. The van der Waals surface area contributed by atoms with Crippen molar-refractivity contribution in [1.82, 2.24) is 5.48 Å². The van der Waals surface area contributed by atoms with E-state index in [1.165, 1.54) is 20.3 Å². The lowest BCUT2D eigenvalue weighted by atomic mass is 10.2. The fourth-order valence-corrected chi connectivity index (χ4v) is 1.60. The SMILES string of the molecule is CONCc1cc(Br)cc(F)c1OC. The van der Waals surface area contributed by atoms with E-state index in [-0.39, 0.29) is 5.75 Å². The summed E-state index contributed by atoms with van der Waals surface area (Å²) >= 11 is 3.20. The van der Waals surface area contributed by atoms with Gasteiger partial charge in [0.1, 0.15) is 0 Å². The summed E-state index contributed by atoms with van der Waals surface area (Å²) in [4.78, 5) is 4.68. The minimum Gasteiger partial charge on any atom is -0.493 e. The number of hydroxylamine groups is 1.